The van der Waals surface area contributed by atoms with E-state index in [1.54, 1.807) is 0 Å². The summed E-state index contributed by atoms with van der Waals surface area (Å²) < 4.78 is 23.5. The number of carbonyl (C=O) groups is 3. The summed E-state index contributed by atoms with van der Waals surface area (Å²) >= 11 is 8.05. The minimum absolute atomic E-state index is 0.0298. The molecule has 29 heavy (non-hydrogen) atoms. The van der Waals surface area contributed by atoms with Crippen molar-refractivity contribution in [3.63, 3.8) is 0 Å². The van der Waals surface area contributed by atoms with Crippen LogP contribution in [0.3, 0.4) is 0 Å². The van der Waals surface area contributed by atoms with Crippen LogP contribution in [0.15, 0.2) is 6.33 Å². The van der Waals surface area contributed by atoms with Gasteiger partial charge in [-0.3, -0.25) is 19.0 Å². The first-order chi connectivity index (χ1) is 13.8. The summed E-state index contributed by atoms with van der Waals surface area (Å²) in [4.78, 5) is 46.4. The van der Waals surface area contributed by atoms with Gasteiger partial charge in [0.2, 0.25) is 0 Å². The normalized spacial score (nSPS) is 23.7. The highest BCUT2D eigenvalue weighted by Gasteiger charge is 2.50. The molecule has 0 amide bonds. The first kappa shape index (κ1) is 21.6. The van der Waals surface area contributed by atoms with Crippen molar-refractivity contribution in [3.8, 4) is 0 Å². The molecule has 156 valence electrons. The minimum Gasteiger partial charge on any atom is -0.468 e. The monoisotopic (exact) mass is 538 g/mol. The van der Waals surface area contributed by atoms with Gasteiger partial charge in [0.15, 0.2) is 33.1 Å². The van der Waals surface area contributed by atoms with Gasteiger partial charge in [-0.15, -0.1) is 0 Å². The standard InChI is InChI=1S/C16H16ClIN4O7/c1-7(24)27-11-9(3-4-26-6-23)29-15(12(11)28-8(2)25)22-5-19-10-13(17)20-16(18)21-14(10)22/h5-6,9,11-12,15H,3-4H2,1-2H3/t9-,11-,12-,15?/m1/s1. The molecule has 13 heteroatoms. The fourth-order valence-corrected chi connectivity index (χ4v) is 3.92. The minimum atomic E-state index is -0.985. The van der Waals surface area contributed by atoms with Crippen molar-refractivity contribution in [2.45, 2.75) is 44.8 Å². The number of fused-ring (bicyclic) bond motifs is 1. The first-order valence-electron chi connectivity index (χ1n) is 8.42. The van der Waals surface area contributed by atoms with Crippen LogP contribution in [0, 0.1) is 3.83 Å². The van der Waals surface area contributed by atoms with Gasteiger partial charge in [0.1, 0.15) is 11.6 Å². The molecule has 3 heterocycles. The zero-order valence-electron chi connectivity index (χ0n) is 15.3. The van der Waals surface area contributed by atoms with Crippen LogP contribution in [0.25, 0.3) is 11.2 Å². The van der Waals surface area contributed by atoms with Crippen LogP contribution in [0.5, 0.6) is 0 Å². The van der Waals surface area contributed by atoms with Crippen molar-refractivity contribution in [2.24, 2.45) is 0 Å². The average Bonchev–Trinajstić information content (AvgIpc) is 3.17. The summed E-state index contributed by atoms with van der Waals surface area (Å²) in [5, 5.41) is 0.160. The smallest absolute Gasteiger partial charge is 0.303 e. The van der Waals surface area contributed by atoms with Crippen molar-refractivity contribution < 1.29 is 33.3 Å². The van der Waals surface area contributed by atoms with E-state index in [1.165, 1.54) is 24.7 Å². The highest BCUT2D eigenvalue weighted by molar-refractivity contribution is 14.1. The summed E-state index contributed by atoms with van der Waals surface area (Å²) in [6.45, 7) is 2.81. The third kappa shape index (κ3) is 4.75. The van der Waals surface area contributed by atoms with Crippen molar-refractivity contribution in [1.82, 2.24) is 19.5 Å². The Balaban J connectivity index is 2.02. The molecule has 0 bridgehead atoms. The van der Waals surface area contributed by atoms with Crippen molar-refractivity contribution in [1.29, 1.82) is 0 Å². The predicted octanol–water partition coefficient (Wildman–Crippen LogP) is 1.41. The molecule has 2 aromatic rings. The molecule has 0 aromatic carbocycles. The lowest BCUT2D eigenvalue weighted by molar-refractivity contribution is -0.165. The van der Waals surface area contributed by atoms with E-state index in [0.717, 1.165) is 0 Å². The lowest BCUT2D eigenvalue weighted by Gasteiger charge is -2.23. The number of hydrogen-bond donors (Lipinski definition) is 0. The number of ether oxygens (including phenoxy) is 4. The maximum atomic E-state index is 11.7. The van der Waals surface area contributed by atoms with E-state index in [4.69, 9.17) is 30.5 Å². The molecule has 0 aliphatic carbocycles. The molecule has 1 fully saturated rings. The molecule has 1 unspecified atom stereocenters. The largest absolute Gasteiger partial charge is 0.468 e. The van der Waals surface area contributed by atoms with Crippen LogP contribution in [0.2, 0.25) is 5.15 Å². The Morgan fingerprint density at radius 3 is 2.62 bits per heavy atom. The van der Waals surface area contributed by atoms with E-state index < -0.39 is 36.5 Å². The van der Waals surface area contributed by atoms with E-state index in [0.29, 0.717) is 21.5 Å². The molecule has 4 atom stereocenters. The average molecular weight is 539 g/mol. The van der Waals surface area contributed by atoms with Gasteiger partial charge >= 0.3 is 11.9 Å². The Morgan fingerprint density at radius 1 is 1.28 bits per heavy atom. The molecular formula is C16H16ClIN4O7. The van der Waals surface area contributed by atoms with E-state index in [1.807, 2.05) is 22.6 Å². The Hall–Kier alpha value is -2.06. The van der Waals surface area contributed by atoms with Crippen molar-refractivity contribution >= 4 is 63.8 Å². The summed E-state index contributed by atoms with van der Waals surface area (Å²) in [6.07, 6.45) is -1.88. The van der Waals surface area contributed by atoms with Gasteiger partial charge in [0.05, 0.1) is 12.9 Å². The van der Waals surface area contributed by atoms with Gasteiger partial charge in [-0.2, -0.15) is 0 Å². The summed E-state index contributed by atoms with van der Waals surface area (Å²) in [6, 6.07) is 0. The summed E-state index contributed by atoms with van der Waals surface area (Å²) in [5.41, 5.74) is 0.706. The number of esters is 2. The highest BCUT2D eigenvalue weighted by atomic mass is 127. The Kier molecular flexibility index (Phi) is 6.85. The number of halogens is 2. The quantitative estimate of drug-likeness (QED) is 0.0969. The van der Waals surface area contributed by atoms with E-state index in [-0.39, 0.29) is 18.2 Å². The van der Waals surface area contributed by atoms with Gasteiger partial charge in [-0.1, -0.05) is 11.6 Å². The molecular weight excluding hydrogens is 523 g/mol. The molecule has 0 spiro atoms. The number of hydrogen-bond acceptors (Lipinski definition) is 10. The van der Waals surface area contributed by atoms with E-state index in [9.17, 15) is 14.4 Å². The molecule has 2 aromatic heterocycles. The second-order valence-electron chi connectivity index (χ2n) is 6.08. The zero-order chi connectivity index (χ0) is 21.1. The third-order valence-electron chi connectivity index (χ3n) is 4.10. The van der Waals surface area contributed by atoms with Crippen LogP contribution in [0.1, 0.15) is 26.5 Å². The second kappa shape index (κ2) is 9.17. The van der Waals surface area contributed by atoms with Crippen LogP contribution >= 0.6 is 34.2 Å². The summed E-state index contributed by atoms with van der Waals surface area (Å²) in [7, 11) is 0. The van der Waals surface area contributed by atoms with E-state index >= 15 is 0 Å². The number of carbonyl (C=O) groups excluding carboxylic acids is 3. The predicted molar refractivity (Wildman–Crippen MR) is 105 cm³/mol. The summed E-state index contributed by atoms with van der Waals surface area (Å²) in [5.74, 6) is -1.16. The van der Waals surface area contributed by atoms with Gasteiger partial charge < -0.3 is 18.9 Å². The third-order valence-corrected chi connectivity index (χ3v) is 4.85. The van der Waals surface area contributed by atoms with Crippen LogP contribution in [0.4, 0.5) is 0 Å². The molecule has 1 saturated heterocycles. The Labute approximate surface area is 183 Å². The molecule has 0 N–H and O–H groups in total. The topological polar surface area (TPSA) is 132 Å². The molecule has 11 nitrogen and oxygen atoms in total. The molecule has 0 saturated carbocycles. The molecule has 0 radical (unpaired) electrons. The number of nitrogens with zero attached hydrogens (tertiary/aromatic N) is 4. The van der Waals surface area contributed by atoms with E-state index in [2.05, 4.69) is 15.0 Å². The SMILES string of the molecule is CC(=O)O[C@@H]1[C@@H](CCOC=O)OC(n2cnc3c(Cl)nc(I)nc32)[C@@H]1OC(C)=O. The first-order valence-corrected chi connectivity index (χ1v) is 9.88. The maximum Gasteiger partial charge on any atom is 0.303 e. The number of aromatic nitrogens is 4. The van der Waals surface area contributed by atoms with Crippen molar-refractivity contribution in [3.05, 3.63) is 15.3 Å². The number of imidazole rings is 1. The van der Waals surface area contributed by atoms with Crippen LogP contribution < -0.4 is 0 Å². The fraction of sp³-hybridized carbons (Fsp3) is 0.500. The highest BCUT2D eigenvalue weighted by Crippen LogP contribution is 2.37. The zero-order valence-corrected chi connectivity index (χ0v) is 18.2. The van der Waals surface area contributed by atoms with Gasteiger partial charge in [0, 0.05) is 42.9 Å². The van der Waals surface area contributed by atoms with Gasteiger partial charge in [-0.05, 0) is 0 Å². The van der Waals surface area contributed by atoms with Crippen molar-refractivity contribution in [2.75, 3.05) is 6.61 Å². The fourth-order valence-electron chi connectivity index (χ4n) is 3.09. The Bertz CT molecular complexity index is 939. The second-order valence-corrected chi connectivity index (χ2v) is 7.40. The molecule has 1 aliphatic rings. The van der Waals surface area contributed by atoms with Crippen LogP contribution in [-0.2, 0) is 33.3 Å². The lowest BCUT2D eigenvalue weighted by Crippen LogP contribution is -2.39. The molecule has 3 rings (SSSR count). The lowest BCUT2D eigenvalue weighted by atomic mass is 10.1. The Morgan fingerprint density at radius 2 is 1.97 bits per heavy atom. The van der Waals surface area contributed by atoms with Crippen LogP contribution in [-0.4, -0.2) is 62.8 Å². The molecule has 1 aliphatic heterocycles. The number of rotatable bonds is 7. The van der Waals surface area contributed by atoms with Gasteiger partial charge in [0.25, 0.3) is 6.47 Å². The van der Waals surface area contributed by atoms with Gasteiger partial charge in [-0.25, -0.2) is 15.0 Å². The maximum absolute atomic E-state index is 11.7.